The molecule has 0 amide bonds. The molecule has 0 saturated heterocycles. The zero-order valence-corrected chi connectivity index (χ0v) is 19.4. The molecule has 6 nitrogen and oxygen atoms in total. The highest BCUT2D eigenvalue weighted by atomic mass is 79.9. The summed E-state index contributed by atoms with van der Waals surface area (Å²) in [6, 6.07) is 14.2. The van der Waals surface area contributed by atoms with Gasteiger partial charge >= 0.3 is 0 Å². The van der Waals surface area contributed by atoms with Crippen LogP contribution in [-0.4, -0.2) is 11.6 Å². The fourth-order valence-electron chi connectivity index (χ4n) is 3.46. The number of rotatable bonds is 0. The van der Waals surface area contributed by atoms with Crippen LogP contribution in [0.15, 0.2) is 56.7 Å². The van der Waals surface area contributed by atoms with Crippen molar-refractivity contribution in [3.05, 3.63) is 102 Å². The van der Waals surface area contributed by atoms with Crippen LogP contribution in [0.1, 0.15) is 44.7 Å². The number of ketones is 2. The van der Waals surface area contributed by atoms with Crippen molar-refractivity contribution in [3.8, 4) is 12.1 Å². The molecule has 0 saturated carbocycles. The van der Waals surface area contributed by atoms with Crippen LogP contribution in [0.5, 0.6) is 0 Å². The Morgan fingerprint density at radius 1 is 0.750 bits per heavy atom. The van der Waals surface area contributed by atoms with Gasteiger partial charge in [-0.05, 0) is 52.6 Å². The first-order valence-electron chi connectivity index (χ1n) is 9.02. The van der Waals surface area contributed by atoms with E-state index in [2.05, 4.69) is 41.5 Å². The third-order valence-corrected chi connectivity index (χ3v) is 5.88. The summed E-state index contributed by atoms with van der Waals surface area (Å²) in [5.74, 6) is -0.0726. The van der Waals surface area contributed by atoms with E-state index in [4.69, 9.17) is 23.7 Å². The quantitative estimate of drug-likeness (QED) is 0.284. The summed E-state index contributed by atoms with van der Waals surface area (Å²) in [6.07, 6.45) is 0.300. The van der Waals surface area contributed by atoms with Crippen LogP contribution in [0.3, 0.4) is 0 Å². The first-order valence-corrected chi connectivity index (χ1v) is 10.6. The first-order chi connectivity index (χ1) is 15.3. The van der Waals surface area contributed by atoms with E-state index in [0.717, 1.165) is 8.95 Å². The third kappa shape index (κ3) is 4.29. The molecule has 2 aliphatic carbocycles. The van der Waals surface area contributed by atoms with Gasteiger partial charge in [-0.15, -0.1) is 0 Å². The topological polar surface area (TPSA) is 90.4 Å². The number of allylic oxidation sites excluding steroid dienone is 4. The molecule has 0 aromatic heterocycles. The average molecular weight is 546 g/mol. The molecule has 2 aromatic rings. The SMILES string of the molecule is [C-]#[N+]/C(C#N)=C1/CC(=O)c2cc(Br)ccc21.[C-]#[N+]/C(C#N)=C1/CC(=O)c2ccc(Br)cc21. The lowest BCUT2D eigenvalue weighted by molar-refractivity contribution is 0.0996. The number of nitrogens with zero attached hydrogens (tertiary/aromatic N) is 4. The number of halogens is 2. The molecule has 32 heavy (non-hydrogen) atoms. The number of fused-ring (bicyclic) bond motifs is 2. The number of Topliss-reactive ketones (excluding diaryl/α,β-unsaturated/α-hetero) is 2. The predicted octanol–water partition coefficient (Wildman–Crippen LogP) is 6.38. The third-order valence-electron chi connectivity index (χ3n) is 4.90. The van der Waals surface area contributed by atoms with Crippen molar-refractivity contribution in [2.75, 3.05) is 0 Å². The van der Waals surface area contributed by atoms with Crippen LogP contribution in [0.25, 0.3) is 20.8 Å². The molecule has 0 fully saturated rings. The van der Waals surface area contributed by atoms with Gasteiger partial charge in [-0.25, -0.2) is 20.2 Å². The summed E-state index contributed by atoms with van der Waals surface area (Å²) in [4.78, 5) is 29.7. The Kier molecular flexibility index (Phi) is 6.82. The van der Waals surface area contributed by atoms with E-state index in [1.807, 2.05) is 12.1 Å². The van der Waals surface area contributed by atoms with E-state index >= 15 is 0 Å². The number of hydrogen-bond acceptors (Lipinski definition) is 4. The monoisotopic (exact) mass is 544 g/mol. The molecule has 0 aliphatic heterocycles. The summed E-state index contributed by atoms with van der Waals surface area (Å²) < 4.78 is 1.66. The summed E-state index contributed by atoms with van der Waals surface area (Å²) in [6.45, 7) is 13.8. The summed E-state index contributed by atoms with van der Waals surface area (Å²) in [5, 5.41) is 17.6. The highest BCUT2D eigenvalue weighted by Gasteiger charge is 2.27. The van der Waals surface area contributed by atoms with Gasteiger partial charge in [0.2, 0.25) is 0 Å². The molecule has 0 unspecified atom stereocenters. The number of hydrogen-bond donors (Lipinski definition) is 0. The lowest BCUT2D eigenvalue weighted by Crippen LogP contribution is -1.89. The van der Waals surface area contributed by atoms with Gasteiger partial charge in [-0.1, -0.05) is 37.9 Å². The zero-order chi connectivity index (χ0) is 23.4. The second-order valence-corrected chi connectivity index (χ2v) is 8.51. The fraction of sp³-hybridized carbons (Fsp3) is 0.0833. The molecule has 0 spiro atoms. The molecule has 0 N–H and O–H groups in total. The molecule has 2 aliphatic rings. The van der Waals surface area contributed by atoms with Crippen molar-refractivity contribution in [3.63, 3.8) is 0 Å². The van der Waals surface area contributed by atoms with Gasteiger partial charge in [-0.2, -0.15) is 0 Å². The fourth-order valence-corrected chi connectivity index (χ4v) is 4.19. The van der Waals surface area contributed by atoms with Crippen LogP contribution in [0, 0.1) is 35.8 Å². The van der Waals surface area contributed by atoms with Gasteiger partial charge in [0.25, 0.3) is 11.4 Å². The van der Waals surface area contributed by atoms with Gasteiger partial charge in [0, 0.05) is 32.9 Å². The Morgan fingerprint density at radius 2 is 1.19 bits per heavy atom. The lowest BCUT2D eigenvalue weighted by atomic mass is 10.1. The lowest BCUT2D eigenvalue weighted by Gasteiger charge is -2.00. The average Bonchev–Trinajstić information content (AvgIpc) is 3.27. The summed E-state index contributed by atoms with van der Waals surface area (Å²) in [5.41, 5.74) is 3.69. The molecule has 0 atom stereocenters. The van der Waals surface area contributed by atoms with Crippen molar-refractivity contribution >= 4 is 54.6 Å². The Bertz CT molecular complexity index is 1390. The maximum Gasteiger partial charge on any atom is 0.266 e. The maximum atomic E-state index is 11.7. The summed E-state index contributed by atoms with van der Waals surface area (Å²) in [7, 11) is 0. The molecular formula is C24H10Br2N4O2. The number of carbonyl (C=O) groups is 2. The van der Waals surface area contributed by atoms with Crippen molar-refractivity contribution < 1.29 is 9.59 Å². The van der Waals surface area contributed by atoms with Crippen molar-refractivity contribution in [2.24, 2.45) is 0 Å². The zero-order valence-electron chi connectivity index (χ0n) is 16.2. The summed E-state index contributed by atoms with van der Waals surface area (Å²) >= 11 is 6.60. The maximum absolute atomic E-state index is 11.7. The van der Waals surface area contributed by atoms with Crippen LogP contribution in [0.2, 0.25) is 0 Å². The minimum Gasteiger partial charge on any atom is -0.294 e. The predicted molar refractivity (Wildman–Crippen MR) is 124 cm³/mol. The number of benzene rings is 2. The van der Waals surface area contributed by atoms with Crippen LogP contribution >= 0.6 is 31.9 Å². The molecular weight excluding hydrogens is 536 g/mol. The van der Waals surface area contributed by atoms with E-state index in [-0.39, 0.29) is 35.8 Å². The van der Waals surface area contributed by atoms with Crippen LogP contribution in [0.4, 0.5) is 0 Å². The normalized spacial score (nSPS) is 16.3. The highest BCUT2D eigenvalue weighted by Crippen LogP contribution is 2.37. The number of nitriles is 2. The van der Waals surface area contributed by atoms with Gasteiger partial charge in [-0.3, -0.25) is 9.59 Å². The van der Waals surface area contributed by atoms with Crippen molar-refractivity contribution in [2.45, 2.75) is 12.8 Å². The van der Waals surface area contributed by atoms with E-state index in [0.29, 0.717) is 33.4 Å². The Morgan fingerprint density at radius 3 is 1.69 bits per heavy atom. The smallest absolute Gasteiger partial charge is 0.266 e. The van der Waals surface area contributed by atoms with E-state index in [9.17, 15) is 9.59 Å². The highest BCUT2D eigenvalue weighted by molar-refractivity contribution is 9.10. The Balaban J connectivity index is 0.000000181. The van der Waals surface area contributed by atoms with Gasteiger partial charge < -0.3 is 0 Å². The molecule has 152 valence electrons. The van der Waals surface area contributed by atoms with E-state index in [1.54, 1.807) is 36.4 Å². The second-order valence-electron chi connectivity index (χ2n) is 6.68. The van der Waals surface area contributed by atoms with Gasteiger partial charge in [0.15, 0.2) is 11.6 Å². The minimum absolute atomic E-state index is 0.00481. The second kappa shape index (κ2) is 9.54. The largest absolute Gasteiger partial charge is 0.294 e. The van der Waals surface area contributed by atoms with Gasteiger partial charge in [0.05, 0.1) is 25.3 Å². The standard InChI is InChI=1S/2C12H5BrN2O/c1-15-11(6-14)9-5-12(16)10-4-7(13)2-3-8(9)10;1-15-11(6-14)10-5-12(16)8-3-2-7(13)4-9(8)10/h2*2-4H,5H2/b11-9-;11-10-. The van der Waals surface area contributed by atoms with E-state index < -0.39 is 0 Å². The first kappa shape index (κ1) is 22.9. The van der Waals surface area contributed by atoms with Crippen molar-refractivity contribution in [1.29, 1.82) is 10.5 Å². The van der Waals surface area contributed by atoms with E-state index in [1.165, 1.54) is 0 Å². The molecule has 8 heteroatoms. The molecule has 0 heterocycles. The number of carbonyl (C=O) groups excluding carboxylic acids is 2. The van der Waals surface area contributed by atoms with Crippen LogP contribution < -0.4 is 0 Å². The minimum atomic E-state index is -0.0392. The molecule has 4 rings (SSSR count). The van der Waals surface area contributed by atoms with Crippen molar-refractivity contribution in [1.82, 2.24) is 0 Å². The molecule has 0 bridgehead atoms. The van der Waals surface area contributed by atoms with Crippen LogP contribution in [-0.2, 0) is 0 Å². The molecule has 0 radical (unpaired) electrons. The Hall–Kier alpha value is -3.82. The molecule has 2 aromatic carbocycles. The van der Waals surface area contributed by atoms with Gasteiger partial charge in [0.1, 0.15) is 0 Å². The Labute approximate surface area is 201 Å².